The van der Waals surface area contributed by atoms with E-state index in [1.807, 2.05) is 32.1 Å². The summed E-state index contributed by atoms with van der Waals surface area (Å²) in [5.41, 5.74) is 11.0. The summed E-state index contributed by atoms with van der Waals surface area (Å²) in [5, 5.41) is 9.75. The van der Waals surface area contributed by atoms with Gasteiger partial charge in [-0.3, -0.25) is 0 Å². The van der Waals surface area contributed by atoms with Crippen molar-refractivity contribution in [2.75, 3.05) is 5.32 Å². The molecule has 3 heteroatoms. The van der Waals surface area contributed by atoms with Crippen molar-refractivity contribution in [3.8, 4) is 11.1 Å². The quantitative estimate of drug-likeness (QED) is 0.233. The highest BCUT2D eigenvalue weighted by atomic mass is 16.3. The number of furan rings is 1. The first-order chi connectivity index (χ1) is 20.7. The topological polar surface area (TPSA) is 29.6 Å². The Kier molecular flexibility index (Phi) is 6.28. The lowest BCUT2D eigenvalue weighted by molar-refractivity contribution is 0.669. The molecule has 3 nitrogen and oxygen atoms in total. The molecule has 0 saturated carbocycles. The number of aromatic nitrogens is 1. The Balaban J connectivity index is 0.00000141. The molecule has 0 unspecified atom stereocenters. The molecule has 3 heterocycles. The molecule has 0 aliphatic rings. The average Bonchev–Trinajstić information content (AvgIpc) is 3.71. The van der Waals surface area contributed by atoms with Crippen molar-refractivity contribution in [3.05, 3.63) is 133 Å². The van der Waals surface area contributed by atoms with Gasteiger partial charge in [0.15, 0.2) is 0 Å². The van der Waals surface area contributed by atoms with Gasteiger partial charge in [-0.1, -0.05) is 105 Å². The van der Waals surface area contributed by atoms with Crippen LogP contribution in [0, 0.1) is 0 Å². The van der Waals surface area contributed by atoms with Crippen LogP contribution in [0.2, 0.25) is 0 Å². The van der Waals surface area contributed by atoms with E-state index in [0.717, 1.165) is 50.1 Å². The summed E-state index contributed by atoms with van der Waals surface area (Å²) in [4.78, 5) is 0. The first-order valence-electron chi connectivity index (χ1n) is 14.6. The Bertz CT molecular complexity index is 2260. The number of anilines is 1. The molecule has 0 aliphatic heterocycles. The van der Waals surface area contributed by atoms with Gasteiger partial charge in [-0.15, -0.1) is 0 Å². The highest BCUT2D eigenvalue weighted by Gasteiger charge is 2.22. The van der Waals surface area contributed by atoms with Crippen molar-refractivity contribution in [3.63, 3.8) is 0 Å². The Hall–Kier alpha value is -5.28. The zero-order chi connectivity index (χ0) is 28.8. The maximum Gasteiger partial charge on any atom is 0.135 e. The number of nitrogens with zero attached hydrogens (tertiary/aromatic N) is 1. The third kappa shape index (κ3) is 3.82. The van der Waals surface area contributed by atoms with Crippen LogP contribution in [-0.2, 0) is 0 Å². The van der Waals surface area contributed by atoms with Gasteiger partial charge in [0.25, 0.3) is 0 Å². The van der Waals surface area contributed by atoms with Crippen LogP contribution in [0.3, 0.4) is 0 Å². The average molecular weight is 545 g/mol. The molecule has 0 amide bonds. The molecule has 0 spiro atoms. The number of benzene rings is 5. The summed E-state index contributed by atoms with van der Waals surface area (Å²) in [5.74, 6) is 0. The molecule has 5 aromatic carbocycles. The van der Waals surface area contributed by atoms with E-state index in [-0.39, 0.29) is 0 Å². The van der Waals surface area contributed by atoms with Crippen LogP contribution >= 0.6 is 0 Å². The number of hydrogen-bond acceptors (Lipinski definition) is 2. The number of hydrogen-bond donors (Lipinski definition) is 1. The van der Waals surface area contributed by atoms with Crippen LogP contribution < -0.4 is 5.32 Å². The maximum absolute atomic E-state index is 6.02. The van der Waals surface area contributed by atoms with Crippen LogP contribution in [0.1, 0.15) is 32.0 Å². The third-order valence-corrected chi connectivity index (χ3v) is 8.09. The van der Waals surface area contributed by atoms with E-state index < -0.39 is 0 Å². The van der Waals surface area contributed by atoms with Gasteiger partial charge in [-0.05, 0) is 54.4 Å². The Morgan fingerprint density at radius 1 is 0.690 bits per heavy atom. The molecule has 0 radical (unpaired) electrons. The van der Waals surface area contributed by atoms with Gasteiger partial charge in [-0.2, -0.15) is 0 Å². The number of rotatable bonds is 5. The van der Waals surface area contributed by atoms with E-state index in [9.17, 15) is 0 Å². The summed E-state index contributed by atoms with van der Waals surface area (Å²) < 4.78 is 8.41. The summed E-state index contributed by atoms with van der Waals surface area (Å²) >= 11 is 0. The summed E-state index contributed by atoms with van der Waals surface area (Å²) in [7, 11) is 0. The zero-order valence-electron chi connectivity index (χ0n) is 24.1. The molecule has 0 saturated heterocycles. The monoisotopic (exact) mass is 544 g/mol. The minimum absolute atomic E-state index is 0.913. The first-order valence-corrected chi connectivity index (χ1v) is 14.6. The van der Waals surface area contributed by atoms with Gasteiger partial charge >= 0.3 is 0 Å². The predicted molar refractivity (Wildman–Crippen MR) is 181 cm³/mol. The van der Waals surface area contributed by atoms with Crippen LogP contribution in [-0.4, -0.2) is 4.40 Å². The Morgan fingerprint density at radius 2 is 1.36 bits per heavy atom. The van der Waals surface area contributed by atoms with Crippen molar-refractivity contribution in [1.82, 2.24) is 4.40 Å². The highest BCUT2D eigenvalue weighted by Crippen LogP contribution is 2.40. The van der Waals surface area contributed by atoms with Crippen LogP contribution in [0.4, 0.5) is 5.69 Å². The van der Waals surface area contributed by atoms with E-state index in [0.29, 0.717) is 0 Å². The van der Waals surface area contributed by atoms with Crippen molar-refractivity contribution in [2.45, 2.75) is 20.8 Å². The van der Waals surface area contributed by atoms with E-state index in [1.165, 1.54) is 32.8 Å². The minimum atomic E-state index is 0.913. The van der Waals surface area contributed by atoms with Crippen molar-refractivity contribution in [1.29, 1.82) is 0 Å². The summed E-state index contributed by atoms with van der Waals surface area (Å²) in [6.07, 6.45) is 4.13. The molecular weight excluding hydrogens is 512 g/mol. The Labute approximate surface area is 245 Å². The smallest absolute Gasteiger partial charge is 0.135 e. The molecule has 1 N–H and O–H groups in total. The van der Waals surface area contributed by atoms with Gasteiger partial charge in [0, 0.05) is 38.2 Å². The second-order valence-electron chi connectivity index (χ2n) is 10.2. The molecule has 8 aromatic rings. The fraction of sp³-hybridized carbons (Fsp3) is 0.0769. The van der Waals surface area contributed by atoms with Crippen LogP contribution in [0.25, 0.3) is 72.0 Å². The standard InChI is InChI=1S/C37H26N2O.C2H6/c1-3-26-29-12-9-13-30-27-10-5-7-14-33(27)39(36(29)30)37(26)32(4-2)38-25-19-16-23(17-20-25)24-18-21-35-31(22-24)28-11-6-8-15-34(28)40-35;1-2/h3-22,38H,1H2,2H3;1-2H3/b32-4+;. The lowest BCUT2D eigenvalue weighted by atomic mass is 10.0. The molecule has 0 aliphatic carbocycles. The highest BCUT2D eigenvalue weighted by molar-refractivity contribution is 6.18. The Morgan fingerprint density at radius 3 is 2.14 bits per heavy atom. The molecule has 42 heavy (non-hydrogen) atoms. The fourth-order valence-corrected chi connectivity index (χ4v) is 6.26. The molecule has 3 aromatic heterocycles. The lowest BCUT2D eigenvalue weighted by Gasteiger charge is -2.14. The van der Waals surface area contributed by atoms with E-state index in [1.54, 1.807) is 0 Å². The molecule has 0 fully saturated rings. The van der Waals surface area contributed by atoms with Crippen LogP contribution in [0.15, 0.2) is 126 Å². The molecular formula is C39H32N2O. The largest absolute Gasteiger partial charge is 0.456 e. The van der Waals surface area contributed by atoms with Crippen LogP contribution in [0.5, 0.6) is 0 Å². The first kappa shape index (κ1) is 25.7. The third-order valence-electron chi connectivity index (χ3n) is 8.09. The SMILES string of the molecule is C=Cc1c(/C(=C\C)Nc2ccc(-c3ccc4oc5ccccc5c4c3)cc2)n2c3ccccc3c3cccc1c32.CC. The molecule has 0 bridgehead atoms. The van der Waals surface area contributed by atoms with Gasteiger partial charge in [0.2, 0.25) is 0 Å². The van der Waals surface area contributed by atoms with E-state index >= 15 is 0 Å². The normalized spacial score (nSPS) is 11.9. The van der Waals surface area contributed by atoms with Crippen molar-refractivity contribution >= 4 is 66.6 Å². The minimum Gasteiger partial charge on any atom is -0.456 e. The second kappa shape index (κ2) is 10.3. The van der Waals surface area contributed by atoms with Gasteiger partial charge in [0.1, 0.15) is 11.2 Å². The number of fused-ring (bicyclic) bond motifs is 6. The predicted octanol–water partition coefficient (Wildman–Crippen LogP) is 11.4. The number of allylic oxidation sites excluding steroid dienone is 1. The van der Waals surface area contributed by atoms with Gasteiger partial charge in [0.05, 0.1) is 22.4 Å². The molecule has 8 rings (SSSR count). The van der Waals surface area contributed by atoms with Gasteiger partial charge in [-0.25, -0.2) is 0 Å². The summed E-state index contributed by atoms with van der Waals surface area (Å²) in [6.45, 7) is 10.3. The fourth-order valence-electron chi connectivity index (χ4n) is 6.26. The number of nitrogens with one attached hydrogen (secondary N) is 1. The number of para-hydroxylation sites is 3. The lowest BCUT2D eigenvalue weighted by Crippen LogP contribution is -2.03. The molecule has 0 atom stereocenters. The maximum atomic E-state index is 6.02. The molecule has 204 valence electrons. The zero-order valence-corrected chi connectivity index (χ0v) is 24.1. The van der Waals surface area contributed by atoms with Crippen molar-refractivity contribution < 1.29 is 4.42 Å². The summed E-state index contributed by atoms with van der Waals surface area (Å²) in [6, 6.07) is 38.5. The second-order valence-corrected chi connectivity index (χ2v) is 10.2. The van der Waals surface area contributed by atoms with E-state index in [2.05, 4.69) is 126 Å². The van der Waals surface area contributed by atoms with E-state index in [4.69, 9.17) is 4.42 Å². The van der Waals surface area contributed by atoms with Crippen molar-refractivity contribution in [2.24, 2.45) is 0 Å². The van der Waals surface area contributed by atoms with Gasteiger partial charge < -0.3 is 14.1 Å².